The summed E-state index contributed by atoms with van der Waals surface area (Å²) in [4.78, 5) is 12.4. The number of rotatable bonds is 8. The third kappa shape index (κ3) is 18.1. The molecule has 0 spiro atoms. The van der Waals surface area contributed by atoms with E-state index in [0.29, 0.717) is 5.92 Å². The summed E-state index contributed by atoms with van der Waals surface area (Å²) in [6.45, 7) is 33.2. The van der Waals surface area contributed by atoms with Crippen LogP contribution in [0.1, 0.15) is 112 Å². The molecular formula is C40H77N5. The van der Waals surface area contributed by atoms with Crippen LogP contribution < -0.4 is 4.90 Å². The van der Waals surface area contributed by atoms with Crippen molar-refractivity contribution >= 4 is 5.69 Å². The van der Waals surface area contributed by atoms with Crippen LogP contribution in [0, 0.1) is 23.7 Å². The highest BCUT2D eigenvalue weighted by molar-refractivity contribution is 5.48. The van der Waals surface area contributed by atoms with E-state index in [1.54, 1.807) is 0 Å². The van der Waals surface area contributed by atoms with Crippen LogP contribution in [-0.2, 0) is 0 Å². The minimum absolute atomic E-state index is 0.626. The highest BCUT2D eigenvalue weighted by Gasteiger charge is 2.16. The molecule has 5 rings (SSSR count). The number of nitrogens with zero attached hydrogens (tertiary/aromatic N) is 5. The Bertz CT molecular complexity index is 801. The van der Waals surface area contributed by atoms with Crippen molar-refractivity contribution < 1.29 is 0 Å². The highest BCUT2D eigenvalue weighted by atomic mass is 15.3. The topological polar surface area (TPSA) is 16.2 Å². The van der Waals surface area contributed by atoms with Crippen LogP contribution in [0.15, 0.2) is 24.3 Å². The molecule has 1 aromatic rings. The van der Waals surface area contributed by atoms with Crippen molar-refractivity contribution in [1.82, 2.24) is 19.6 Å². The summed E-state index contributed by atoms with van der Waals surface area (Å²) >= 11 is 0. The third-order valence-corrected chi connectivity index (χ3v) is 9.75. The molecule has 5 nitrogen and oxygen atoms in total. The third-order valence-electron chi connectivity index (χ3n) is 9.75. The predicted molar refractivity (Wildman–Crippen MR) is 201 cm³/mol. The number of anilines is 1. The van der Waals surface area contributed by atoms with Crippen LogP contribution >= 0.6 is 0 Å². The largest absolute Gasteiger partial charge is 0.369 e. The molecule has 1 saturated carbocycles. The van der Waals surface area contributed by atoms with Gasteiger partial charge in [-0.3, -0.25) is 0 Å². The Morgan fingerprint density at radius 2 is 0.978 bits per heavy atom. The standard InChI is InChI=1S/C14H22N2.C9H20N2.C9H18.C8H17N/c1-12(2)13-4-6-14(7-5-13)16-10-8-15(3)9-11-16;1-9(2)8-11-6-4-10(3)5-7-11;2*1-8(2)7-9-5-3-4-6-9/h4-7,12H,8-11H2,1-3H3;9H,4-8H2,1-3H3;8-9H,3-7H2,1-2H3;8H,3-7H2,1-2H3. The van der Waals surface area contributed by atoms with E-state index in [1.807, 2.05) is 0 Å². The summed E-state index contributed by atoms with van der Waals surface area (Å²) in [6.07, 6.45) is 10.3. The first-order chi connectivity index (χ1) is 21.4. The second kappa shape index (κ2) is 22.4. The fourth-order valence-corrected chi connectivity index (χ4v) is 7.08. The van der Waals surface area contributed by atoms with Crippen molar-refractivity contribution in [3.8, 4) is 0 Å². The molecule has 1 aromatic carbocycles. The molecule has 1 aliphatic carbocycles. The van der Waals surface area contributed by atoms with E-state index in [-0.39, 0.29) is 0 Å². The number of benzene rings is 1. The lowest BCUT2D eigenvalue weighted by molar-refractivity contribution is 0.141. The molecule has 0 amide bonds. The first-order valence-electron chi connectivity index (χ1n) is 19.1. The maximum absolute atomic E-state index is 2.56. The van der Waals surface area contributed by atoms with Gasteiger partial charge in [0.15, 0.2) is 0 Å². The van der Waals surface area contributed by atoms with Gasteiger partial charge in [0.1, 0.15) is 0 Å². The molecule has 0 atom stereocenters. The van der Waals surface area contributed by atoms with E-state index in [0.717, 1.165) is 36.8 Å². The average Bonchev–Trinajstić information content (AvgIpc) is 3.70. The first kappa shape index (κ1) is 40.0. The molecule has 5 heteroatoms. The Labute approximate surface area is 282 Å². The average molecular weight is 628 g/mol. The van der Waals surface area contributed by atoms with Crippen LogP contribution in [0.5, 0.6) is 0 Å². The van der Waals surface area contributed by atoms with Gasteiger partial charge in [-0.15, -0.1) is 0 Å². The Kier molecular flexibility index (Phi) is 20.0. The Morgan fingerprint density at radius 1 is 0.533 bits per heavy atom. The van der Waals surface area contributed by atoms with Crippen molar-refractivity contribution in [2.45, 2.75) is 106 Å². The van der Waals surface area contributed by atoms with Crippen molar-refractivity contribution in [2.75, 3.05) is 97.5 Å². The Hall–Kier alpha value is -1.14. The molecule has 3 aliphatic heterocycles. The fourth-order valence-electron chi connectivity index (χ4n) is 7.08. The van der Waals surface area contributed by atoms with Gasteiger partial charge < -0.3 is 24.5 Å². The summed E-state index contributed by atoms with van der Waals surface area (Å²) < 4.78 is 0. The number of hydrogen-bond acceptors (Lipinski definition) is 5. The molecule has 45 heavy (non-hydrogen) atoms. The molecule has 4 aliphatic rings. The SMILES string of the molecule is CC(C)CC1CCCC1.CC(C)CN1CCCC1.CC(C)CN1CCN(C)CC1.CC(C)c1ccc(N2CCN(C)CC2)cc1. The lowest BCUT2D eigenvalue weighted by Gasteiger charge is -2.34. The summed E-state index contributed by atoms with van der Waals surface area (Å²) in [7, 11) is 4.39. The molecule has 3 saturated heterocycles. The second-order valence-electron chi connectivity index (χ2n) is 16.2. The van der Waals surface area contributed by atoms with Gasteiger partial charge in [-0.1, -0.05) is 93.2 Å². The smallest absolute Gasteiger partial charge is 0.0367 e. The van der Waals surface area contributed by atoms with Gasteiger partial charge in [-0.2, -0.15) is 0 Å². The predicted octanol–water partition coefficient (Wildman–Crippen LogP) is 8.41. The zero-order valence-corrected chi connectivity index (χ0v) is 31.9. The molecular weight excluding hydrogens is 550 g/mol. The zero-order chi connectivity index (χ0) is 33.2. The summed E-state index contributed by atoms with van der Waals surface area (Å²) in [5.74, 6) is 4.31. The molecule has 3 heterocycles. The number of likely N-dealkylation sites (tertiary alicyclic amines) is 1. The summed E-state index contributed by atoms with van der Waals surface area (Å²) in [5, 5.41) is 0. The van der Waals surface area contributed by atoms with Gasteiger partial charge in [0.2, 0.25) is 0 Å². The minimum Gasteiger partial charge on any atom is -0.369 e. The maximum atomic E-state index is 2.56. The van der Waals surface area contributed by atoms with Gasteiger partial charge in [0.05, 0.1) is 0 Å². The van der Waals surface area contributed by atoms with E-state index in [1.165, 1.54) is 122 Å². The maximum Gasteiger partial charge on any atom is 0.0367 e. The Balaban J connectivity index is 0.000000216. The van der Waals surface area contributed by atoms with E-state index in [2.05, 4.69) is 118 Å². The van der Waals surface area contributed by atoms with Crippen LogP contribution in [0.25, 0.3) is 0 Å². The van der Waals surface area contributed by atoms with Crippen molar-refractivity contribution in [3.63, 3.8) is 0 Å². The Morgan fingerprint density at radius 3 is 1.40 bits per heavy atom. The van der Waals surface area contributed by atoms with E-state index < -0.39 is 0 Å². The normalized spacial score (nSPS) is 20.7. The number of hydrogen-bond donors (Lipinski definition) is 0. The second-order valence-corrected chi connectivity index (χ2v) is 16.2. The monoisotopic (exact) mass is 628 g/mol. The molecule has 0 bridgehead atoms. The highest BCUT2D eigenvalue weighted by Crippen LogP contribution is 2.29. The van der Waals surface area contributed by atoms with E-state index in [4.69, 9.17) is 0 Å². The van der Waals surface area contributed by atoms with Gasteiger partial charge >= 0.3 is 0 Å². The van der Waals surface area contributed by atoms with Crippen molar-refractivity contribution in [2.24, 2.45) is 23.7 Å². The van der Waals surface area contributed by atoms with Crippen LogP contribution in [0.3, 0.4) is 0 Å². The van der Waals surface area contributed by atoms with E-state index >= 15 is 0 Å². The molecule has 0 unspecified atom stereocenters. The number of likely N-dealkylation sites (N-methyl/N-ethyl adjacent to an activating group) is 2. The molecule has 0 radical (unpaired) electrons. The lowest BCUT2D eigenvalue weighted by Crippen LogP contribution is -2.45. The van der Waals surface area contributed by atoms with Gasteiger partial charge in [-0.05, 0) is 93.7 Å². The molecule has 4 fully saturated rings. The van der Waals surface area contributed by atoms with Gasteiger partial charge in [0.25, 0.3) is 0 Å². The molecule has 262 valence electrons. The summed E-state index contributed by atoms with van der Waals surface area (Å²) in [6, 6.07) is 9.05. The lowest BCUT2D eigenvalue weighted by atomic mass is 9.96. The van der Waals surface area contributed by atoms with Crippen LogP contribution in [0.2, 0.25) is 0 Å². The van der Waals surface area contributed by atoms with Crippen LogP contribution in [-0.4, -0.2) is 112 Å². The van der Waals surface area contributed by atoms with Gasteiger partial charge in [-0.25, -0.2) is 0 Å². The number of piperazine rings is 2. The summed E-state index contributed by atoms with van der Waals surface area (Å²) in [5.41, 5.74) is 2.80. The van der Waals surface area contributed by atoms with Crippen molar-refractivity contribution in [3.05, 3.63) is 29.8 Å². The molecule has 0 N–H and O–H groups in total. The van der Waals surface area contributed by atoms with E-state index in [9.17, 15) is 0 Å². The van der Waals surface area contributed by atoms with Crippen molar-refractivity contribution in [1.29, 1.82) is 0 Å². The first-order valence-corrected chi connectivity index (χ1v) is 19.1. The fraction of sp³-hybridized carbons (Fsp3) is 0.850. The zero-order valence-electron chi connectivity index (χ0n) is 31.9. The van der Waals surface area contributed by atoms with Crippen LogP contribution in [0.4, 0.5) is 5.69 Å². The van der Waals surface area contributed by atoms with Gasteiger partial charge in [0, 0.05) is 71.1 Å². The minimum atomic E-state index is 0.626. The molecule has 0 aromatic heterocycles. The quantitative estimate of drug-likeness (QED) is 0.287.